The molecule has 2 heterocycles. The van der Waals surface area contributed by atoms with Gasteiger partial charge in [0.15, 0.2) is 0 Å². The molecular formula is C25H21N3O2. The summed E-state index contributed by atoms with van der Waals surface area (Å²) in [5, 5.41) is 4.14. The summed E-state index contributed by atoms with van der Waals surface area (Å²) in [5.41, 5.74) is 5.05. The second-order valence-electron chi connectivity index (χ2n) is 7.20. The first kappa shape index (κ1) is 18.2. The van der Waals surface area contributed by atoms with Crippen molar-refractivity contribution in [3.63, 3.8) is 0 Å². The van der Waals surface area contributed by atoms with Crippen LogP contribution < -0.4 is 5.32 Å². The molecule has 0 fully saturated rings. The predicted octanol–water partition coefficient (Wildman–Crippen LogP) is 4.87. The maximum Gasteiger partial charge on any atom is 0.272 e. The number of fused-ring (bicyclic) bond motifs is 1. The number of aliphatic imine (C=N–C) groups is 1. The highest BCUT2D eigenvalue weighted by Gasteiger charge is 2.23. The summed E-state index contributed by atoms with van der Waals surface area (Å²) >= 11 is 0. The van der Waals surface area contributed by atoms with E-state index in [9.17, 15) is 4.79 Å². The number of nitrogens with zero attached hydrogens (tertiary/aromatic N) is 2. The van der Waals surface area contributed by atoms with Gasteiger partial charge in [0.1, 0.15) is 12.3 Å². The summed E-state index contributed by atoms with van der Waals surface area (Å²) in [6.07, 6.45) is 0. The maximum absolute atomic E-state index is 13.6. The van der Waals surface area contributed by atoms with Crippen molar-refractivity contribution in [1.82, 2.24) is 4.57 Å². The highest BCUT2D eigenvalue weighted by Crippen LogP contribution is 2.35. The molecule has 0 spiro atoms. The van der Waals surface area contributed by atoms with E-state index in [1.54, 1.807) is 0 Å². The molecule has 1 amide bonds. The Kier molecular flexibility index (Phi) is 4.56. The zero-order valence-corrected chi connectivity index (χ0v) is 16.6. The number of aromatic nitrogens is 1. The van der Waals surface area contributed by atoms with Crippen LogP contribution in [-0.4, -0.2) is 29.5 Å². The average molecular weight is 395 g/mol. The second-order valence-corrected chi connectivity index (χ2v) is 7.20. The summed E-state index contributed by atoms with van der Waals surface area (Å²) in [6, 6.07) is 25.7. The highest BCUT2D eigenvalue weighted by molar-refractivity contribution is 6.16. The largest absolute Gasteiger partial charge is 0.475 e. The van der Waals surface area contributed by atoms with E-state index in [-0.39, 0.29) is 5.91 Å². The summed E-state index contributed by atoms with van der Waals surface area (Å²) in [6.45, 7) is 1.21. The molecule has 30 heavy (non-hydrogen) atoms. The van der Waals surface area contributed by atoms with Gasteiger partial charge in [0.25, 0.3) is 5.91 Å². The Hall–Kier alpha value is -3.86. The predicted molar refractivity (Wildman–Crippen MR) is 120 cm³/mol. The smallest absolute Gasteiger partial charge is 0.272 e. The lowest BCUT2D eigenvalue weighted by molar-refractivity contribution is 0.102. The maximum atomic E-state index is 13.6. The Balaban J connectivity index is 1.63. The fourth-order valence-electron chi connectivity index (χ4n) is 4.01. The van der Waals surface area contributed by atoms with Crippen molar-refractivity contribution in [2.24, 2.45) is 12.0 Å². The fourth-order valence-corrected chi connectivity index (χ4v) is 4.01. The lowest BCUT2D eigenvalue weighted by atomic mass is 10.0. The van der Waals surface area contributed by atoms with E-state index in [1.807, 2.05) is 84.4 Å². The molecule has 0 radical (unpaired) electrons. The molecule has 1 N–H and O–H groups in total. The van der Waals surface area contributed by atoms with Crippen molar-refractivity contribution in [3.05, 3.63) is 90.1 Å². The molecule has 0 unspecified atom stereocenters. The Morgan fingerprint density at radius 3 is 2.50 bits per heavy atom. The van der Waals surface area contributed by atoms with Gasteiger partial charge in [-0.3, -0.25) is 4.79 Å². The van der Waals surface area contributed by atoms with Crippen molar-refractivity contribution < 1.29 is 9.53 Å². The van der Waals surface area contributed by atoms with E-state index in [0.29, 0.717) is 30.4 Å². The number of carbonyl (C=O) groups is 1. The molecule has 0 atom stereocenters. The fraction of sp³-hybridized carbons (Fsp3) is 0.120. The standard InChI is InChI=1S/C25H21N3O2/c1-28-21-14-8-6-12-19(21)22(17-9-3-2-4-10-17)23(28)24(29)27-20-13-7-5-11-18(20)25-26-15-16-30-25/h2-14H,15-16H2,1H3,(H,27,29). The van der Waals surface area contributed by atoms with E-state index in [4.69, 9.17) is 4.74 Å². The van der Waals surface area contributed by atoms with Crippen LogP contribution in [0.3, 0.4) is 0 Å². The minimum atomic E-state index is -0.168. The van der Waals surface area contributed by atoms with Crippen LogP contribution in [0.15, 0.2) is 83.9 Å². The lowest BCUT2D eigenvalue weighted by Crippen LogP contribution is -2.18. The monoisotopic (exact) mass is 395 g/mol. The summed E-state index contributed by atoms with van der Waals surface area (Å²) in [4.78, 5) is 18.0. The topological polar surface area (TPSA) is 55.6 Å². The first-order chi connectivity index (χ1) is 14.7. The van der Waals surface area contributed by atoms with E-state index in [1.165, 1.54) is 0 Å². The number of ether oxygens (including phenoxy) is 1. The van der Waals surface area contributed by atoms with Crippen LogP contribution in [0, 0.1) is 0 Å². The SMILES string of the molecule is Cn1c(C(=O)Nc2ccccc2C2=NCCO2)c(-c2ccccc2)c2ccccc21. The number of amides is 1. The van der Waals surface area contributed by atoms with Gasteiger partial charge in [-0.25, -0.2) is 4.99 Å². The lowest BCUT2D eigenvalue weighted by Gasteiger charge is -2.13. The van der Waals surface area contributed by atoms with E-state index >= 15 is 0 Å². The second kappa shape index (κ2) is 7.52. The molecule has 1 aliphatic rings. The van der Waals surface area contributed by atoms with Gasteiger partial charge in [0.2, 0.25) is 5.90 Å². The zero-order valence-electron chi connectivity index (χ0n) is 16.6. The minimum Gasteiger partial charge on any atom is -0.475 e. The van der Waals surface area contributed by atoms with Crippen LogP contribution in [-0.2, 0) is 11.8 Å². The molecule has 1 aliphatic heterocycles. The molecule has 4 aromatic rings. The van der Waals surface area contributed by atoms with Crippen molar-refractivity contribution in [3.8, 4) is 11.1 Å². The van der Waals surface area contributed by atoms with Crippen molar-refractivity contribution in [2.45, 2.75) is 0 Å². The molecule has 5 heteroatoms. The summed E-state index contributed by atoms with van der Waals surface area (Å²) in [5.74, 6) is 0.407. The molecule has 0 bridgehead atoms. The van der Waals surface area contributed by atoms with Gasteiger partial charge in [-0.2, -0.15) is 0 Å². The number of benzene rings is 3. The molecular weight excluding hydrogens is 374 g/mol. The average Bonchev–Trinajstić information content (AvgIpc) is 3.42. The quantitative estimate of drug-likeness (QED) is 0.536. The van der Waals surface area contributed by atoms with Crippen LogP contribution >= 0.6 is 0 Å². The third kappa shape index (κ3) is 3.05. The molecule has 0 saturated heterocycles. The van der Waals surface area contributed by atoms with Crippen LogP contribution in [0.1, 0.15) is 16.1 Å². The van der Waals surface area contributed by atoms with Gasteiger partial charge < -0.3 is 14.6 Å². The van der Waals surface area contributed by atoms with Crippen LogP contribution in [0.4, 0.5) is 5.69 Å². The van der Waals surface area contributed by atoms with E-state index < -0.39 is 0 Å². The Morgan fingerprint density at radius 1 is 0.967 bits per heavy atom. The van der Waals surface area contributed by atoms with Crippen molar-refractivity contribution >= 4 is 28.4 Å². The van der Waals surface area contributed by atoms with Crippen molar-refractivity contribution in [1.29, 1.82) is 0 Å². The molecule has 1 aromatic heterocycles. The highest BCUT2D eigenvalue weighted by atomic mass is 16.5. The summed E-state index contributed by atoms with van der Waals surface area (Å²) in [7, 11) is 1.93. The number of hydrogen-bond acceptors (Lipinski definition) is 3. The molecule has 5 rings (SSSR count). The molecule has 0 saturated carbocycles. The van der Waals surface area contributed by atoms with E-state index in [0.717, 1.165) is 27.6 Å². The van der Waals surface area contributed by atoms with Crippen LogP contribution in [0.5, 0.6) is 0 Å². The van der Waals surface area contributed by atoms with Crippen LogP contribution in [0.2, 0.25) is 0 Å². The molecule has 148 valence electrons. The first-order valence-corrected chi connectivity index (χ1v) is 9.95. The van der Waals surface area contributed by atoms with Gasteiger partial charge in [0, 0.05) is 23.5 Å². The third-order valence-corrected chi connectivity index (χ3v) is 5.38. The molecule has 0 aliphatic carbocycles. The van der Waals surface area contributed by atoms with Gasteiger partial charge in [-0.1, -0.05) is 60.7 Å². The van der Waals surface area contributed by atoms with Gasteiger partial charge >= 0.3 is 0 Å². The first-order valence-electron chi connectivity index (χ1n) is 9.95. The Labute approximate surface area is 174 Å². The number of rotatable bonds is 4. The number of aryl methyl sites for hydroxylation is 1. The number of nitrogens with one attached hydrogen (secondary N) is 1. The number of carbonyl (C=O) groups excluding carboxylic acids is 1. The normalized spacial score (nSPS) is 13.2. The molecule has 3 aromatic carbocycles. The van der Waals surface area contributed by atoms with E-state index in [2.05, 4.69) is 16.4 Å². The third-order valence-electron chi connectivity index (χ3n) is 5.38. The summed E-state index contributed by atoms with van der Waals surface area (Å²) < 4.78 is 7.58. The van der Waals surface area contributed by atoms with Crippen LogP contribution in [0.25, 0.3) is 22.0 Å². The van der Waals surface area contributed by atoms with Gasteiger partial charge in [-0.05, 0) is 23.8 Å². The van der Waals surface area contributed by atoms with Crippen molar-refractivity contribution in [2.75, 3.05) is 18.5 Å². The zero-order chi connectivity index (χ0) is 20.5. The van der Waals surface area contributed by atoms with Gasteiger partial charge in [-0.15, -0.1) is 0 Å². The Morgan fingerprint density at radius 2 is 1.70 bits per heavy atom. The number of hydrogen-bond donors (Lipinski definition) is 1. The van der Waals surface area contributed by atoms with Gasteiger partial charge in [0.05, 0.1) is 17.8 Å². The number of para-hydroxylation sites is 2. The minimum absolute atomic E-state index is 0.168. The Bertz CT molecular complexity index is 1270. The molecule has 5 nitrogen and oxygen atoms in total. The number of anilines is 1.